The summed E-state index contributed by atoms with van der Waals surface area (Å²) in [4.78, 5) is 18.5. The molecule has 0 aliphatic heterocycles. The summed E-state index contributed by atoms with van der Waals surface area (Å²) in [6.07, 6.45) is 1.69. The van der Waals surface area contributed by atoms with Crippen LogP contribution in [0.5, 0.6) is 0 Å². The van der Waals surface area contributed by atoms with Gasteiger partial charge in [0.1, 0.15) is 5.82 Å². The fourth-order valence-corrected chi connectivity index (χ4v) is 2.59. The largest absolute Gasteiger partial charge is 0.296 e. The summed E-state index contributed by atoms with van der Waals surface area (Å²) in [5, 5.41) is 0. The van der Waals surface area contributed by atoms with Gasteiger partial charge in [-0.3, -0.25) is 9.69 Å². The van der Waals surface area contributed by atoms with E-state index in [4.69, 9.17) is 0 Å². The van der Waals surface area contributed by atoms with Crippen molar-refractivity contribution in [2.75, 3.05) is 11.9 Å². The van der Waals surface area contributed by atoms with Crippen molar-refractivity contribution in [1.29, 1.82) is 0 Å². The van der Waals surface area contributed by atoms with Gasteiger partial charge in [-0.2, -0.15) is 0 Å². The smallest absolute Gasteiger partial charge is 0.259 e. The number of carbonyl (C=O) groups is 1. The minimum Gasteiger partial charge on any atom is -0.296 e. The number of hydrogen-bond donors (Lipinski definition) is 0. The highest BCUT2D eigenvalue weighted by molar-refractivity contribution is 9.10. The molecule has 2 rings (SSSR count). The Labute approximate surface area is 127 Å². The van der Waals surface area contributed by atoms with E-state index in [9.17, 15) is 4.79 Å². The quantitative estimate of drug-likeness (QED) is 0.831. The predicted octanol–water partition coefficient (Wildman–Crippen LogP) is 4.05. The number of benzene rings is 1. The Hall–Kier alpha value is -1.68. The second-order valence-electron chi connectivity index (χ2n) is 4.97. The maximum absolute atomic E-state index is 12.7. The van der Waals surface area contributed by atoms with E-state index >= 15 is 0 Å². The highest BCUT2D eigenvalue weighted by Gasteiger charge is 2.18. The summed E-state index contributed by atoms with van der Waals surface area (Å²) >= 11 is 3.34. The van der Waals surface area contributed by atoms with Crippen molar-refractivity contribution in [1.82, 2.24) is 4.98 Å². The van der Waals surface area contributed by atoms with E-state index in [0.717, 1.165) is 21.2 Å². The summed E-state index contributed by atoms with van der Waals surface area (Å²) in [6, 6.07) is 7.76. The Kier molecular flexibility index (Phi) is 4.23. The zero-order valence-electron chi connectivity index (χ0n) is 12.1. The standard InChI is InChI=1S/C16H17BrN2O/c1-10-7-11(2)15(12(3)8-10)16(20)19(4)14-6-5-13(17)9-18-14/h5-9H,1-4H3. The molecule has 0 saturated carbocycles. The molecular weight excluding hydrogens is 316 g/mol. The molecule has 0 aliphatic carbocycles. The van der Waals surface area contributed by atoms with E-state index < -0.39 is 0 Å². The van der Waals surface area contributed by atoms with Crippen molar-refractivity contribution in [3.05, 3.63) is 57.2 Å². The van der Waals surface area contributed by atoms with Gasteiger partial charge in [0.25, 0.3) is 5.91 Å². The first-order valence-corrected chi connectivity index (χ1v) is 7.17. The van der Waals surface area contributed by atoms with Crippen LogP contribution in [0.2, 0.25) is 0 Å². The number of halogens is 1. The molecule has 0 unspecified atom stereocenters. The topological polar surface area (TPSA) is 33.2 Å². The lowest BCUT2D eigenvalue weighted by atomic mass is 9.99. The number of aryl methyl sites for hydroxylation is 3. The predicted molar refractivity (Wildman–Crippen MR) is 85.3 cm³/mol. The summed E-state index contributed by atoms with van der Waals surface area (Å²) < 4.78 is 0.893. The van der Waals surface area contributed by atoms with Crippen LogP contribution in [-0.4, -0.2) is 17.9 Å². The highest BCUT2D eigenvalue weighted by Crippen LogP contribution is 2.21. The van der Waals surface area contributed by atoms with Crippen LogP contribution in [0.15, 0.2) is 34.9 Å². The fraction of sp³-hybridized carbons (Fsp3) is 0.250. The molecule has 0 aliphatic rings. The number of rotatable bonds is 2. The van der Waals surface area contributed by atoms with Gasteiger partial charge in [-0.05, 0) is 60.0 Å². The lowest BCUT2D eigenvalue weighted by Gasteiger charge is -2.19. The Balaban J connectivity index is 2.39. The third-order valence-electron chi connectivity index (χ3n) is 3.25. The molecular formula is C16H17BrN2O. The van der Waals surface area contributed by atoms with Gasteiger partial charge in [0.2, 0.25) is 0 Å². The maximum Gasteiger partial charge on any atom is 0.259 e. The SMILES string of the molecule is Cc1cc(C)c(C(=O)N(C)c2ccc(Br)cn2)c(C)c1. The van der Waals surface area contributed by atoms with Gasteiger partial charge in [0.05, 0.1) is 0 Å². The normalized spacial score (nSPS) is 10.4. The van der Waals surface area contributed by atoms with Crippen LogP contribution in [-0.2, 0) is 0 Å². The first-order valence-electron chi connectivity index (χ1n) is 6.37. The first-order chi connectivity index (χ1) is 9.40. The van der Waals surface area contributed by atoms with Crippen molar-refractivity contribution in [2.24, 2.45) is 0 Å². The lowest BCUT2D eigenvalue weighted by Crippen LogP contribution is -2.28. The van der Waals surface area contributed by atoms with E-state index in [2.05, 4.69) is 20.9 Å². The number of amides is 1. The van der Waals surface area contributed by atoms with Gasteiger partial charge in [0.15, 0.2) is 0 Å². The van der Waals surface area contributed by atoms with Crippen LogP contribution in [0, 0.1) is 20.8 Å². The number of pyridine rings is 1. The number of hydrogen-bond acceptors (Lipinski definition) is 2. The van der Waals surface area contributed by atoms with E-state index in [1.165, 1.54) is 5.56 Å². The molecule has 104 valence electrons. The van der Waals surface area contributed by atoms with Gasteiger partial charge < -0.3 is 0 Å². The summed E-state index contributed by atoms with van der Waals surface area (Å²) in [5.41, 5.74) is 3.91. The van der Waals surface area contributed by atoms with E-state index in [-0.39, 0.29) is 5.91 Å². The molecule has 20 heavy (non-hydrogen) atoms. The molecule has 2 aromatic rings. The zero-order chi connectivity index (χ0) is 14.9. The molecule has 0 atom stereocenters. The molecule has 0 radical (unpaired) electrons. The molecule has 3 nitrogen and oxygen atoms in total. The monoisotopic (exact) mass is 332 g/mol. The molecule has 0 saturated heterocycles. The fourth-order valence-electron chi connectivity index (χ4n) is 2.36. The van der Waals surface area contributed by atoms with Gasteiger partial charge in [-0.1, -0.05) is 17.7 Å². The summed E-state index contributed by atoms with van der Waals surface area (Å²) in [7, 11) is 1.75. The molecule has 1 aromatic carbocycles. The van der Waals surface area contributed by atoms with Crippen molar-refractivity contribution >= 4 is 27.7 Å². The van der Waals surface area contributed by atoms with Crippen LogP contribution in [0.3, 0.4) is 0 Å². The maximum atomic E-state index is 12.7. The number of anilines is 1. The lowest BCUT2D eigenvalue weighted by molar-refractivity contribution is 0.0991. The van der Waals surface area contributed by atoms with Crippen LogP contribution in [0.4, 0.5) is 5.82 Å². The van der Waals surface area contributed by atoms with E-state index in [1.54, 1.807) is 18.1 Å². The molecule has 0 N–H and O–H groups in total. The molecule has 1 aromatic heterocycles. The van der Waals surface area contributed by atoms with Gasteiger partial charge in [-0.15, -0.1) is 0 Å². The first kappa shape index (κ1) is 14.7. The Morgan fingerprint density at radius 3 is 2.25 bits per heavy atom. The minimum atomic E-state index is -0.0326. The minimum absolute atomic E-state index is 0.0326. The van der Waals surface area contributed by atoms with Crippen LogP contribution in [0.1, 0.15) is 27.0 Å². The summed E-state index contributed by atoms with van der Waals surface area (Å²) in [6.45, 7) is 5.97. The molecule has 1 heterocycles. The Morgan fingerprint density at radius 2 is 1.75 bits per heavy atom. The van der Waals surface area contributed by atoms with Gasteiger partial charge in [-0.25, -0.2) is 4.98 Å². The second kappa shape index (κ2) is 5.75. The van der Waals surface area contributed by atoms with E-state index in [1.807, 2.05) is 45.0 Å². The number of nitrogens with zero attached hydrogens (tertiary/aromatic N) is 2. The van der Waals surface area contributed by atoms with Gasteiger partial charge >= 0.3 is 0 Å². The van der Waals surface area contributed by atoms with Crippen molar-refractivity contribution in [2.45, 2.75) is 20.8 Å². The molecule has 0 spiro atoms. The summed E-state index contributed by atoms with van der Waals surface area (Å²) in [5.74, 6) is 0.604. The van der Waals surface area contributed by atoms with Crippen molar-refractivity contribution in [3.63, 3.8) is 0 Å². The molecule has 0 bridgehead atoms. The highest BCUT2D eigenvalue weighted by atomic mass is 79.9. The van der Waals surface area contributed by atoms with Crippen molar-refractivity contribution < 1.29 is 4.79 Å². The number of aromatic nitrogens is 1. The molecule has 4 heteroatoms. The van der Waals surface area contributed by atoms with Gasteiger partial charge in [0, 0.05) is 23.3 Å². The van der Waals surface area contributed by atoms with Crippen molar-refractivity contribution in [3.8, 4) is 0 Å². The zero-order valence-corrected chi connectivity index (χ0v) is 13.7. The second-order valence-corrected chi connectivity index (χ2v) is 5.89. The third-order valence-corrected chi connectivity index (χ3v) is 3.72. The van der Waals surface area contributed by atoms with Crippen LogP contribution < -0.4 is 4.90 Å². The average Bonchev–Trinajstić information content (AvgIpc) is 2.37. The van der Waals surface area contributed by atoms with Crippen LogP contribution >= 0.6 is 15.9 Å². The number of carbonyl (C=O) groups excluding carboxylic acids is 1. The Bertz CT molecular complexity index is 627. The third kappa shape index (κ3) is 2.90. The molecule has 1 amide bonds. The van der Waals surface area contributed by atoms with Crippen LogP contribution in [0.25, 0.3) is 0 Å². The van der Waals surface area contributed by atoms with E-state index in [0.29, 0.717) is 5.82 Å². The Morgan fingerprint density at radius 1 is 1.15 bits per heavy atom. The average molecular weight is 333 g/mol. The molecule has 0 fully saturated rings.